The number of halogens is 3. The lowest BCUT2D eigenvalue weighted by molar-refractivity contribution is 0.0531. The fourth-order valence-electron chi connectivity index (χ4n) is 11.7. The second kappa shape index (κ2) is 30.0. The molecule has 9 aromatic rings. The summed E-state index contributed by atoms with van der Waals surface area (Å²) in [6.07, 6.45) is 3.63. The predicted octanol–water partition coefficient (Wildman–Crippen LogP) is 15.4. The van der Waals surface area contributed by atoms with Crippen molar-refractivity contribution in [2.24, 2.45) is 23.5 Å². The average molecular weight is 1360 g/mol. The Morgan fingerprint density at radius 2 is 1.01 bits per heavy atom. The topological polar surface area (TPSA) is 291 Å². The fraction of sp³-hybridized carbons (Fsp3) is 0.435. The van der Waals surface area contributed by atoms with E-state index in [0.717, 1.165) is 61.0 Å². The molecule has 0 bridgehead atoms. The van der Waals surface area contributed by atoms with Crippen molar-refractivity contribution in [3.63, 3.8) is 0 Å². The van der Waals surface area contributed by atoms with Crippen LogP contribution in [0.25, 0.3) is 44.4 Å². The van der Waals surface area contributed by atoms with Crippen LogP contribution in [-0.2, 0) is 14.9 Å². The number of nitrogens with one attached hydrogen (secondary N) is 1. The number of hydrogen-bond acceptors (Lipinski definition) is 20. The number of phenols is 2. The van der Waals surface area contributed by atoms with E-state index >= 15 is 0 Å². The fourth-order valence-corrected chi connectivity index (χ4v) is 12.3. The van der Waals surface area contributed by atoms with Crippen LogP contribution in [0.1, 0.15) is 108 Å². The lowest BCUT2D eigenvalue weighted by Crippen LogP contribution is -2.38. The van der Waals surface area contributed by atoms with E-state index in [4.69, 9.17) is 58.9 Å². The molecule has 3 fully saturated rings. The van der Waals surface area contributed by atoms with Crippen molar-refractivity contribution >= 4 is 90.3 Å². The number of carbonyl (C=O) groups excluding carboxylic acids is 1. The molecule has 4 aromatic heterocycles. The van der Waals surface area contributed by atoms with Crippen molar-refractivity contribution in [3.05, 3.63) is 132 Å². The molecule has 7 heterocycles. The molecule has 0 aliphatic carbocycles. The highest BCUT2D eigenvalue weighted by atomic mass is 35.5. The van der Waals surface area contributed by atoms with Crippen molar-refractivity contribution in [2.45, 2.75) is 136 Å². The Hall–Kier alpha value is -8.65. The number of aromatic hydroxyl groups is 2. The van der Waals surface area contributed by atoms with Gasteiger partial charge in [-0.1, -0.05) is 38.5 Å². The van der Waals surface area contributed by atoms with Gasteiger partial charge in [0.15, 0.2) is 22.3 Å². The van der Waals surface area contributed by atoms with Gasteiger partial charge in [-0.25, -0.2) is 13.6 Å². The number of oxazole rings is 4. The molecule has 3 atom stereocenters. The van der Waals surface area contributed by atoms with Crippen molar-refractivity contribution in [1.29, 1.82) is 0 Å². The maximum Gasteiger partial charge on any atom is 0.407 e. The minimum atomic E-state index is -4.02. The molecule has 1 amide bonds. The molecule has 22 nitrogen and oxygen atoms in total. The molecule has 512 valence electrons. The minimum absolute atomic E-state index is 0.0116. The van der Waals surface area contributed by atoms with Gasteiger partial charge in [0.05, 0.1) is 17.6 Å². The van der Waals surface area contributed by atoms with E-state index in [2.05, 4.69) is 102 Å². The van der Waals surface area contributed by atoms with Gasteiger partial charge >= 0.3 is 6.09 Å². The summed E-state index contributed by atoms with van der Waals surface area (Å²) in [7, 11) is -4.02. The number of carbonyl (C=O) groups is 1. The lowest BCUT2D eigenvalue weighted by atomic mass is 9.98. The maximum atomic E-state index is 13.2. The molecular formula is C69H86ClF2N9O13S. The van der Waals surface area contributed by atoms with Crippen molar-refractivity contribution < 1.29 is 68.6 Å². The molecule has 95 heavy (non-hydrogen) atoms. The number of anilines is 3. The van der Waals surface area contributed by atoms with Crippen LogP contribution in [0.2, 0.25) is 5.35 Å². The highest BCUT2D eigenvalue weighted by Crippen LogP contribution is 2.41. The Bertz CT molecular complexity index is 4270. The van der Waals surface area contributed by atoms with Crippen LogP contribution in [0.5, 0.6) is 23.0 Å². The number of nitrogens with two attached hydrogens (primary N) is 1. The molecule has 3 aliphatic rings. The summed E-state index contributed by atoms with van der Waals surface area (Å²) in [6.45, 7) is 30.1. The van der Waals surface area contributed by atoms with Gasteiger partial charge in [-0.05, 0) is 179 Å². The maximum absolute atomic E-state index is 13.2. The average Bonchev–Trinajstić information content (AvgIpc) is 1.65. The predicted molar refractivity (Wildman–Crippen MR) is 364 cm³/mol. The highest BCUT2D eigenvalue weighted by Gasteiger charge is 2.41. The van der Waals surface area contributed by atoms with Crippen LogP contribution in [-0.4, -0.2) is 117 Å². The number of rotatable bonds is 13. The molecule has 12 rings (SSSR count). The third-order valence-electron chi connectivity index (χ3n) is 15.9. The summed E-state index contributed by atoms with van der Waals surface area (Å²) in [6, 6.07) is 28.3. The molecule has 0 radical (unpaired) electrons. The van der Waals surface area contributed by atoms with Crippen LogP contribution in [0.4, 0.5) is 31.6 Å². The number of fused-ring (bicyclic) bond motifs is 4. The smallest absolute Gasteiger partial charge is 0.407 e. The Kier molecular flexibility index (Phi) is 22.8. The molecule has 6 N–H and O–H groups in total. The first-order valence-electron chi connectivity index (χ1n) is 31.1. The summed E-state index contributed by atoms with van der Waals surface area (Å²) in [5, 5.41) is 21.1. The van der Waals surface area contributed by atoms with E-state index in [0.29, 0.717) is 93.4 Å². The van der Waals surface area contributed by atoms with Crippen LogP contribution in [0.15, 0.2) is 143 Å². The Morgan fingerprint density at radius 1 is 0.632 bits per heavy atom. The summed E-state index contributed by atoms with van der Waals surface area (Å²) in [5.41, 5.74) is 11.9. The zero-order valence-electron chi connectivity index (χ0n) is 55.9. The molecule has 3 aliphatic heterocycles. The van der Waals surface area contributed by atoms with Crippen LogP contribution in [0, 0.1) is 24.7 Å². The quantitative estimate of drug-likeness (QED) is 0.0670. The summed E-state index contributed by atoms with van der Waals surface area (Å²) < 4.78 is 94.4. The van der Waals surface area contributed by atoms with Crippen molar-refractivity contribution in [2.75, 3.05) is 60.6 Å². The SMILES string of the molecule is CC1CN(c2nc3ccc(O)cc3o2)C(C)(C)C1.CC1CN(c2nc3ccc(OC/C(=C/F)CN)cc3o2)C(C)(C)C1.CC1CN(c2nc3ccc(OC/C(=C/F)CNC(=O)OC(C)(C)C)cc3o2)C(C)(C)C1.Cc1ccc(S(=O)(=O)O)cc1.Oc1ccc2nc(Cl)oc2c1. The number of phenolic OH excluding ortho intramolecular Hbond substituents is 2. The summed E-state index contributed by atoms with van der Waals surface area (Å²) in [4.78, 5) is 35.9. The highest BCUT2D eigenvalue weighted by molar-refractivity contribution is 7.85. The molecule has 0 saturated carbocycles. The number of ether oxygens (including phenoxy) is 3. The van der Waals surface area contributed by atoms with Gasteiger partial charge in [-0.15, -0.1) is 0 Å². The van der Waals surface area contributed by atoms with Crippen molar-refractivity contribution in [1.82, 2.24) is 25.3 Å². The third-order valence-corrected chi connectivity index (χ3v) is 16.9. The van der Waals surface area contributed by atoms with Gasteiger partial charge < -0.3 is 67.8 Å². The van der Waals surface area contributed by atoms with E-state index in [1.54, 1.807) is 81.4 Å². The Morgan fingerprint density at radius 3 is 1.38 bits per heavy atom. The number of alkyl carbamates (subject to hydrolysis) is 1. The minimum Gasteiger partial charge on any atom is -0.508 e. The normalized spacial score (nSPS) is 18.3. The van der Waals surface area contributed by atoms with Gasteiger partial charge in [0.25, 0.3) is 33.5 Å². The Balaban J connectivity index is 0.000000160. The van der Waals surface area contributed by atoms with Crippen LogP contribution in [0.3, 0.4) is 0 Å². The Labute approximate surface area is 556 Å². The number of aryl methyl sites for hydroxylation is 1. The molecule has 26 heteroatoms. The van der Waals surface area contributed by atoms with E-state index in [1.165, 1.54) is 24.3 Å². The number of amides is 1. The van der Waals surface area contributed by atoms with Gasteiger partial charge in [0, 0.05) is 84.8 Å². The molecule has 0 spiro atoms. The zero-order chi connectivity index (χ0) is 69.4. The largest absolute Gasteiger partial charge is 0.508 e. The van der Waals surface area contributed by atoms with Gasteiger partial charge in [0.1, 0.15) is 63.9 Å². The zero-order valence-corrected chi connectivity index (χ0v) is 57.4. The third kappa shape index (κ3) is 19.5. The number of hydrogen-bond donors (Lipinski definition) is 5. The number of benzene rings is 5. The summed E-state index contributed by atoms with van der Waals surface area (Å²) in [5.74, 6) is 3.31. The van der Waals surface area contributed by atoms with E-state index in [1.807, 2.05) is 19.1 Å². The van der Waals surface area contributed by atoms with Crippen molar-refractivity contribution in [3.8, 4) is 23.0 Å². The monoisotopic (exact) mass is 1350 g/mol. The molecule has 5 aromatic carbocycles. The second-order valence-electron chi connectivity index (χ2n) is 27.2. The van der Waals surface area contributed by atoms with Gasteiger partial charge in [0.2, 0.25) is 0 Å². The van der Waals surface area contributed by atoms with E-state index < -0.39 is 21.8 Å². The first-order chi connectivity index (χ1) is 44.6. The van der Waals surface area contributed by atoms with Gasteiger partial charge in [-0.2, -0.15) is 28.4 Å². The summed E-state index contributed by atoms with van der Waals surface area (Å²) >= 11 is 5.48. The second-order valence-corrected chi connectivity index (χ2v) is 28.9. The van der Waals surface area contributed by atoms with Crippen LogP contribution >= 0.6 is 11.6 Å². The molecule has 3 unspecified atom stereocenters. The first-order valence-corrected chi connectivity index (χ1v) is 32.9. The molecular weight excluding hydrogens is 1270 g/mol. The number of nitrogens with zero attached hydrogens (tertiary/aromatic N) is 7. The van der Waals surface area contributed by atoms with E-state index in [9.17, 15) is 27.1 Å². The molecule has 3 saturated heterocycles. The first kappa shape index (κ1) is 72.2. The van der Waals surface area contributed by atoms with Crippen LogP contribution < -0.4 is 35.2 Å². The number of aromatic nitrogens is 4. The van der Waals surface area contributed by atoms with Gasteiger partial charge in [-0.3, -0.25) is 4.55 Å². The lowest BCUT2D eigenvalue weighted by Gasteiger charge is -2.29. The van der Waals surface area contributed by atoms with E-state index in [-0.39, 0.29) is 70.2 Å². The standard InChI is InChI=1S/C23H32FN3O4.C18H24FN3O2.C14H18N2O2.C7H4ClNO2.C7H8O3S/c1-15-10-23(5,6)27(13-15)20-26-18-8-7-17(9-19(18)30-20)29-14-16(11-24)12-25-21(28)31-22(2,3)4;1-12-7-18(2,3)22(10-12)17-21-15-5-4-14(6-16(15)24-17)23-11-13(8-19)9-20;1-9-7-14(2,3)16(8-9)13-15-11-5-4-10(17)6-12(11)18-13;8-7-9-5-2-1-4(10)3-6(5)11-7;1-6-2-4-7(5-3-6)11(8,9)10/h7-9,11,15H,10,12-14H2,1-6H3,(H,25,28);4-6,8,12H,7,9-11,20H2,1-3H3;4-6,9,17H,7-8H2,1-3H3;1-3,10H;2-5H,1H3,(H,8,9,10)/b16-11+;13-8+;;;.